The Hall–Kier alpha value is -1.36. The van der Waals surface area contributed by atoms with Crippen molar-refractivity contribution >= 4 is 22.0 Å². The van der Waals surface area contributed by atoms with Crippen LogP contribution in [0.1, 0.15) is 19.3 Å². The van der Waals surface area contributed by atoms with Crippen molar-refractivity contribution in [2.24, 2.45) is 0 Å². The summed E-state index contributed by atoms with van der Waals surface area (Å²) in [5, 5.41) is 16.9. The minimum Gasteiger partial charge on any atom is -0.481 e. The molecule has 0 radical (unpaired) electrons. The molecule has 0 aromatic carbocycles. The van der Waals surface area contributed by atoms with Crippen molar-refractivity contribution in [2.45, 2.75) is 31.5 Å². The van der Waals surface area contributed by atoms with E-state index in [1.807, 2.05) is 0 Å². The first-order valence-corrected chi connectivity index (χ1v) is 6.59. The third-order valence-corrected chi connectivity index (χ3v) is 3.34. The van der Waals surface area contributed by atoms with Crippen LogP contribution >= 0.6 is 0 Å². The Morgan fingerprint density at radius 2 is 1.74 bits per heavy atom. The number of carboxylic acid groups (broad SMARTS) is 2. The van der Waals surface area contributed by atoms with Crippen molar-refractivity contribution < 1.29 is 41.4 Å². The molecule has 0 aliphatic carbocycles. The zero-order valence-electron chi connectivity index (χ0n) is 9.48. The molecule has 0 heterocycles. The van der Waals surface area contributed by atoms with Gasteiger partial charge in [-0.15, -0.1) is 0 Å². The van der Waals surface area contributed by atoms with Crippen molar-refractivity contribution in [3.63, 3.8) is 0 Å². The van der Waals surface area contributed by atoms with Gasteiger partial charge in [-0.2, -0.15) is 13.2 Å². The van der Waals surface area contributed by atoms with Gasteiger partial charge in [0.25, 0.3) is 0 Å². The Morgan fingerprint density at radius 1 is 1.21 bits per heavy atom. The summed E-state index contributed by atoms with van der Waals surface area (Å²) >= 11 is 0. The number of nitrogens with one attached hydrogen (secondary N) is 1. The first kappa shape index (κ1) is 17.6. The second-order valence-corrected chi connectivity index (χ2v) is 5.52. The number of hydrogen-bond acceptors (Lipinski definition) is 4. The molecule has 112 valence electrons. The summed E-state index contributed by atoms with van der Waals surface area (Å²) in [4.78, 5) is 20.9. The van der Waals surface area contributed by atoms with Gasteiger partial charge in [0.05, 0.1) is 12.2 Å². The van der Waals surface area contributed by atoms with Crippen LogP contribution in [-0.4, -0.2) is 48.5 Å². The smallest absolute Gasteiger partial charge is 0.389 e. The van der Waals surface area contributed by atoms with Crippen LogP contribution < -0.4 is 4.72 Å². The van der Waals surface area contributed by atoms with Crippen molar-refractivity contribution in [3.05, 3.63) is 0 Å². The first-order chi connectivity index (χ1) is 8.43. The maximum absolute atomic E-state index is 11.8. The topological polar surface area (TPSA) is 121 Å². The molecule has 0 rings (SSSR count). The van der Waals surface area contributed by atoms with Gasteiger partial charge in [0, 0.05) is 6.42 Å². The highest BCUT2D eigenvalue weighted by Crippen LogP contribution is 2.21. The molecule has 1 atom stereocenters. The van der Waals surface area contributed by atoms with E-state index in [-0.39, 0.29) is 0 Å². The summed E-state index contributed by atoms with van der Waals surface area (Å²) < 4.78 is 59.5. The Labute approximate surface area is 106 Å². The minimum atomic E-state index is -4.51. The minimum absolute atomic E-state index is 0.738. The van der Waals surface area contributed by atoms with Gasteiger partial charge in [0.15, 0.2) is 0 Å². The van der Waals surface area contributed by atoms with Gasteiger partial charge in [-0.1, -0.05) is 0 Å². The summed E-state index contributed by atoms with van der Waals surface area (Å²) in [6.45, 7) is 0. The Bertz CT molecular complexity index is 432. The third-order valence-electron chi connectivity index (χ3n) is 1.87. The second kappa shape index (κ2) is 6.70. The van der Waals surface area contributed by atoms with Crippen LogP contribution in [0.25, 0.3) is 0 Å². The predicted octanol–water partition coefficient (Wildman–Crippen LogP) is 0.176. The second-order valence-electron chi connectivity index (χ2n) is 3.64. The van der Waals surface area contributed by atoms with Gasteiger partial charge in [-0.3, -0.25) is 9.59 Å². The van der Waals surface area contributed by atoms with Gasteiger partial charge in [-0.05, 0) is 6.42 Å². The SMILES string of the molecule is O=C(O)CC(NS(=O)(=O)CCCC(F)(F)F)C(=O)O. The molecule has 0 saturated carbocycles. The highest BCUT2D eigenvalue weighted by molar-refractivity contribution is 7.89. The van der Waals surface area contributed by atoms with Crippen molar-refractivity contribution in [1.29, 1.82) is 0 Å². The van der Waals surface area contributed by atoms with Crippen LogP contribution in [0.3, 0.4) is 0 Å². The molecule has 0 aromatic rings. The fourth-order valence-corrected chi connectivity index (χ4v) is 2.35. The number of rotatable bonds is 8. The van der Waals surface area contributed by atoms with Crippen molar-refractivity contribution in [2.75, 3.05) is 5.75 Å². The number of halogens is 3. The first-order valence-electron chi connectivity index (χ1n) is 4.94. The number of carbonyl (C=O) groups is 2. The normalized spacial score (nSPS) is 14.1. The van der Waals surface area contributed by atoms with E-state index in [0.717, 1.165) is 0 Å². The maximum atomic E-state index is 11.8. The summed E-state index contributed by atoms with van der Waals surface area (Å²) in [5.41, 5.74) is 0. The van der Waals surface area contributed by atoms with Crippen LogP contribution in [0.5, 0.6) is 0 Å². The molecule has 1 unspecified atom stereocenters. The average Bonchev–Trinajstić information content (AvgIpc) is 2.12. The van der Waals surface area contributed by atoms with E-state index in [1.54, 1.807) is 0 Å². The quantitative estimate of drug-likeness (QED) is 0.588. The van der Waals surface area contributed by atoms with Gasteiger partial charge in [-0.25, -0.2) is 13.1 Å². The molecule has 0 saturated heterocycles. The van der Waals surface area contributed by atoms with Crippen LogP contribution in [0.15, 0.2) is 0 Å². The predicted molar refractivity (Wildman–Crippen MR) is 55.9 cm³/mol. The molecular formula is C8H12F3NO6S. The number of carboxylic acids is 2. The van der Waals surface area contributed by atoms with Crippen LogP contribution in [0.4, 0.5) is 13.2 Å². The van der Waals surface area contributed by atoms with E-state index in [1.165, 1.54) is 4.72 Å². The van der Waals surface area contributed by atoms with E-state index < -0.39 is 59.2 Å². The zero-order valence-corrected chi connectivity index (χ0v) is 10.3. The maximum Gasteiger partial charge on any atom is 0.389 e. The zero-order chi connectivity index (χ0) is 15.3. The molecule has 0 aliphatic heterocycles. The van der Waals surface area contributed by atoms with Gasteiger partial charge < -0.3 is 10.2 Å². The largest absolute Gasteiger partial charge is 0.481 e. The molecule has 3 N–H and O–H groups in total. The average molecular weight is 307 g/mol. The lowest BCUT2D eigenvalue weighted by Gasteiger charge is -2.13. The Balaban J connectivity index is 4.48. The van der Waals surface area contributed by atoms with Crippen LogP contribution in [0, 0.1) is 0 Å². The number of hydrogen-bond donors (Lipinski definition) is 3. The van der Waals surface area contributed by atoms with E-state index >= 15 is 0 Å². The lowest BCUT2D eigenvalue weighted by atomic mass is 10.2. The Kier molecular flexibility index (Phi) is 6.22. The molecule has 11 heteroatoms. The van der Waals surface area contributed by atoms with E-state index in [0.29, 0.717) is 0 Å². The fraction of sp³-hybridized carbons (Fsp3) is 0.750. The highest BCUT2D eigenvalue weighted by Gasteiger charge is 2.29. The van der Waals surface area contributed by atoms with Crippen LogP contribution in [-0.2, 0) is 19.6 Å². The number of aliphatic carboxylic acids is 2. The highest BCUT2D eigenvalue weighted by atomic mass is 32.2. The van der Waals surface area contributed by atoms with Gasteiger partial charge >= 0.3 is 18.1 Å². The molecule has 0 aromatic heterocycles. The summed E-state index contributed by atoms with van der Waals surface area (Å²) in [7, 11) is -4.29. The molecule has 0 amide bonds. The van der Waals surface area contributed by atoms with E-state index in [2.05, 4.69) is 0 Å². The number of sulfonamides is 1. The number of alkyl halides is 3. The van der Waals surface area contributed by atoms with Crippen molar-refractivity contribution in [1.82, 2.24) is 4.72 Å². The monoisotopic (exact) mass is 307 g/mol. The summed E-state index contributed by atoms with van der Waals surface area (Å²) in [6, 6.07) is -1.91. The molecular weight excluding hydrogens is 295 g/mol. The van der Waals surface area contributed by atoms with E-state index in [4.69, 9.17) is 10.2 Å². The van der Waals surface area contributed by atoms with Crippen molar-refractivity contribution in [3.8, 4) is 0 Å². The summed E-state index contributed by atoms with van der Waals surface area (Å²) in [6.07, 6.45) is -7.58. The lowest BCUT2D eigenvalue weighted by molar-refractivity contribution is -0.145. The molecule has 0 bridgehead atoms. The summed E-state index contributed by atoms with van der Waals surface area (Å²) in [5.74, 6) is -4.21. The third kappa shape index (κ3) is 9.25. The lowest BCUT2D eigenvalue weighted by Crippen LogP contribution is -2.43. The Morgan fingerprint density at radius 3 is 2.11 bits per heavy atom. The molecule has 0 fully saturated rings. The fourth-order valence-electron chi connectivity index (χ4n) is 1.09. The van der Waals surface area contributed by atoms with Gasteiger partial charge in [0.1, 0.15) is 6.04 Å². The molecule has 0 aliphatic rings. The molecule has 7 nitrogen and oxygen atoms in total. The van der Waals surface area contributed by atoms with E-state index in [9.17, 15) is 31.2 Å². The molecule has 19 heavy (non-hydrogen) atoms. The van der Waals surface area contributed by atoms with Gasteiger partial charge in [0.2, 0.25) is 10.0 Å². The molecule has 0 spiro atoms. The van der Waals surface area contributed by atoms with Crippen LogP contribution in [0.2, 0.25) is 0 Å². The standard InChI is InChI=1S/C8H12F3NO6S/c9-8(10,11)2-1-3-19(17,18)12-5(7(15)16)4-6(13)14/h5,12H,1-4H2,(H,13,14)(H,15,16).